The first kappa shape index (κ1) is 19.6. The van der Waals surface area contributed by atoms with E-state index < -0.39 is 11.6 Å². The number of carbonyl (C=O) groups is 1. The molecule has 1 aromatic carbocycles. The minimum Gasteiger partial charge on any atom is -0.481 e. The summed E-state index contributed by atoms with van der Waals surface area (Å²) >= 11 is 0. The molecule has 1 saturated carbocycles. The van der Waals surface area contributed by atoms with Crippen LogP contribution in [0.1, 0.15) is 32.1 Å². The fourth-order valence-electron chi connectivity index (χ4n) is 2.89. The summed E-state index contributed by atoms with van der Waals surface area (Å²) in [6.45, 7) is 0.0626. The molecule has 3 N–H and O–H groups in total. The highest BCUT2D eigenvalue weighted by molar-refractivity contribution is 5.85. The first-order valence-electron chi connectivity index (χ1n) is 7.67. The van der Waals surface area contributed by atoms with Crippen molar-refractivity contribution < 1.29 is 18.3 Å². The second-order valence-corrected chi connectivity index (χ2v) is 5.67. The van der Waals surface area contributed by atoms with Crippen LogP contribution in [0.15, 0.2) is 18.2 Å². The lowest BCUT2D eigenvalue weighted by Gasteiger charge is -2.30. The summed E-state index contributed by atoms with van der Waals surface area (Å²) in [6, 6.07) is 2.90. The highest BCUT2D eigenvalue weighted by atomic mass is 35.5. The molecule has 1 aliphatic rings. The number of hydrogen-bond acceptors (Lipinski definition) is 3. The summed E-state index contributed by atoms with van der Waals surface area (Å²) in [7, 11) is 0. The van der Waals surface area contributed by atoms with E-state index in [9.17, 15) is 13.6 Å². The van der Waals surface area contributed by atoms with E-state index in [0.29, 0.717) is 12.5 Å². The zero-order valence-electron chi connectivity index (χ0n) is 12.9. The van der Waals surface area contributed by atoms with Gasteiger partial charge in [0.05, 0.1) is 0 Å². The largest absolute Gasteiger partial charge is 0.481 e. The van der Waals surface area contributed by atoms with E-state index in [1.165, 1.54) is 12.5 Å². The van der Waals surface area contributed by atoms with Crippen LogP contribution in [0.25, 0.3) is 0 Å². The van der Waals surface area contributed by atoms with E-state index >= 15 is 0 Å². The van der Waals surface area contributed by atoms with Crippen LogP contribution in [0.5, 0.6) is 5.75 Å². The quantitative estimate of drug-likeness (QED) is 0.830. The molecular formula is C16H23ClF2N2O2. The van der Waals surface area contributed by atoms with E-state index in [1.807, 2.05) is 0 Å². The molecule has 1 aromatic rings. The van der Waals surface area contributed by atoms with Crippen LogP contribution in [0, 0.1) is 17.6 Å². The highest BCUT2D eigenvalue weighted by Crippen LogP contribution is 2.26. The molecule has 1 fully saturated rings. The Morgan fingerprint density at radius 3 is 2.61 bits per heavy atom. The second kappa shape index (κ2) is 9.67. The molecule has 7 heteroatoms. The van der Waals surface area contributed by atoms with Gasteiger partial charge in [-0.15, -0.1) is 12.4 Å². The minimum atomic E-state index is -0.824. The maximum Gasteiger partial charge on any atom is 0.258 e. The van der Waals surface area contributed by atoms with Crippen LogP contribution in [-0.4, -0.2) is 25.1 Å². The molecule has 0 spiro atoms. The molecule has 23 heavy (non-hydrogen) atoms. The molecule has 0 aromatic heterocycles. The van der Waals surface area contributed by atoms with Crippen LogP contribution >= 0.6 is 12.4 Å². The van der Waals surface area contributed by atoms with Gasteiger partial charge in [-0.2, -0.15) is 0 Å². The number of nitrogens with one attached hydrogen (secondary N) is 1. The van der Waals surface area contributed by atoms with E-state index in [0.717, 1.165) is 37.8 Å². The van der Waals surface area contributed by atoms with Crippen LogP contribution in [-0.2, 0) is 4.79 Å². The maximum atomic E-state index is 13.4. The zero-order chi connectivity index (χ0) is 15.9. The number of amides is 1. The number of halogens is 3. The lowest BCUT2D eigenvalue weighted by atomic mass is 9.84. The molecule has 1 atom stereocenters. The van der Waals surface area contributed by atoms with Gasteiger partial charge in [-0.1, -0.05) is 19.3 Å². The van der Waals surface area contributed by atoms with Gasteiger partial charge in [0.2, 0.25) is 0 Å². The summed E-state index contributed by atoms with van der Waals surface area (Å²) in [5.74, 6) is -1.60. The Morgan fingerprint density at radius 2 is 2.00 bits per heavy atom. The molecule has 130 valence electrons. The molecular weight excluding hydrogens is 326 g/mol. The normalized spacial score (nSPS) is 16.3. The average molecular weight is 349 g/mol. The Morgan fingerprint density at radius 1 is 1.30 bits per heavy atom. The number of benzene rings is 1. The van der Waals surface area contributed by atoms with Gasteiger partial charge < -0.3 is 15.8 Å². The van der Waals surface area contributed by atoms with Crippen molar-refractivity contribution in [3.63, 3.8) is 0 Å². The summed E-state index contributed by atoms with van der Waals surface area (Å²) in [4.78, 5) is 11.9. The van der Waals surface area contributed by atoms with Crippen LogP contribution < -0.4 is 15.8 Å². The minimum absolute atomic E-state index is 0. The Balaban J connectivity index is 0.00000264. The number of ether oxygens (including phenoxy) is 1. The van der Waals surface area contributed by atoms with Crippen LogP contribution in [0.2, 0.25) is 0 Å². The van der Waals surface area contributed by atoms with Crippen molar-refractivity contribution in [1.82, 2.24) is 5.32 Å². The fraction of sp³-hybridized carbons (Fsp3) is 0.562. The molecule has 1 amide bonds. The first-order chi connectivity index (χ1) is 10.6. The van der Waals surface area contributed by atoms with Crippen molar-refractivity contribution >= 4 is 18.3 Å². The Bertz CT molecular complexity index is 511. The molecule has 0 heterocycles. The molecule has 0 saturated heterocycles. The maximum absolute atomic E-state index is 13.4. The van der Waals surface area contributed by atoms with E-state index in [4.69, 9.17) is 10.5 Å². The first-order valence-corrected chi connectivity index (χ1v) is 7.67. The predicted molar refractivity (Wildman–Crippen MR) is 86.7 cm³/mol. The molecule has 1 unspecified atom stereocenters. The third kappa shape index (κ3) is 5.95. The summed E-state index contributed by atoms with van der Waals surface area (Å²) in [5.41, 5.74) is 5.74. The molecule has 4 nitrogen and oxygen atoms in total. The van der Waals surface area contributed by atoms with Crippen molar-refractivity contribution in [2.45, 2.75) is 38.1 Å². The lowest BCUT2D eigenvalue weighted by Crippen LogP contribution is -2.47. The lowest BCUT2D eigenvalue weighted by molar-refractivity contribution is -0.124. The van der Waals surface area contributed by atoms with Gasteiger partial charge in [-0.05, 0) is 30.9 Å². The predicted octanol–water partition coefficient (Wildman–Crippen LogP) is 2.79. The van der Waals surface area contributed by atoms with Crippen LogP contribution in [0.4, 0.5) is 8.78 Å². The Kier molecular flexibility index (Phi) is 8.26. The number of hydrogen-bond donors (Lipinski definition) is 2. The van der Waals surface area contributed by atoms with Gasteiger partial charge in [0.15, 0.2) is 18.2 Å². The van der Waals surface area contributed by atoms with E-state index in [-0.39, 0.29) is 36.7 Å². The Hall–Kier alpha value is -1.40. The third-order valence-corrected chi connectivity index (χ3v) is 4.07. The highest BCUT2D eigenvalue weighted by Gasteiger charge is 2.24. The van der Waals surface area contributed by atoms with E-state index in [1.54, 1.807) is 0 Å². The molecule has 0 aliphatic heterocycles. The standard InChI is InChI=1S/C16H22F2N2O2.ClH/c17-12-6-7-15(13(18)8-12)22-10-16(21)20-14(9-19)11-4-2-1-3-5-11;/h6-8,11,14H,1-5,9-10,19H2,(H,20,21);1H. The van der Waals surface area contributed by atoms with Gasteiger partial charge in [0.25, 0.3) is 5.91 Å². The average Bonchev–Trinajstić information content (AvgIpc) is 2.52. The smallest absolute Gasteiger partial charge is 0.258 e. The van der Waals surface area contributed by atoms with Crippen molar-refractivity contribution in [2.75, 3.05) is 13.2 Å². The van der Waals surface area contributed by atoms with Gasteiger partial charge in [-0.3, -0.25) is 4.79 Å². The van der Waals surface area contributed by atoms with Crippen LogP contribution in [0.3, 0.4) is 0 Å². The van der Waals surface area contributed by atoms with Gasteiger partial charge >= 0.3 is 0 Å². The second-order valence-electron chi connectivity index (χ2n) is 5.67. The van der Waals surface area contributed by atoms with Crippen molar-refractivity contribution in [3.05, 3.63) is 29.8 Å². The summed E-state index contributed by atoms with van der Waals surface area (Å²) in [6.07, 6.45) is 5.68. The van der Waals surface area contributed by atoms with Crippen molar-refractivity contribution in [3.8, 4) is 5.75 Å². The summed E-state index contributed by atoms with van der Waals surface area (Å²) in [5, 5.41) is 2.85. The number of nitrogens with two attached hydrogens (primary N) is 1. The van der Waals surface area contributed by atoms with Gasteiger partial charge in [-0.25, -0.2) is 8.78 Å². The number of rotatable bonds is 6. The topological polar surface area (TPSA) is 64.3 Å². The molecule has 0 bridgehead atoms. The Labute approximate surface area is 141 Å². The summed E-state index contributed by atoms with van der Waals surface area (Å²) < 4.78 is 31.3. The van der Waals surface area contributed by atoms with E-state index in [2.05, 4.69) is 5.32 Å². The molecule has 2 rings (SSSR count). The monoisotopic (exact) mass is 348 g/mol. The zero-order valence-corrected chi connectivity index (χ0v) is 13.7. The van der Waals surface area contributed by atoms with Gasteiger partial charge in [0.1, 0.15) is 5.82 Å². The SMILES string of the molecule is Cl.NCC(NC(=O)COc1ccc(F)cc1F)C1CCCCC1. The molecule has 1 aliphatic carbocycles. The van der Waals surface area contributed by atoms with Crippen molar-refractivity contribution in [2.24, 2.45) is 11.7 Å². The third-order valence-electron chi connectivity index (χ3n) is 4.07. The number of carbonyl (C=O) groups excluding carboxylic acids is 1. The molecule has 0 radical (unpaired) electrons. The van der Waals surface area contributed by atoms with Crippen molar-refractivity contribution in [1.29, 1.82) is 0 Å². The fourth-order valence-corrected chi connectivity index (χ4v) is 2.89. The van der Waals surface area contributed by atoms with Gasteiger partial charge in [0, 0.05) is 18.7 Å².